The molecule has 0 saturated carbocycles. The van der Waals surface area contributed by atoms with Crippen molar-refractivity contribution in [2.45, 2.75) is 26.2 Å². The predicted octanol–water partition coefficient (Wildman–Crippen LogP) is 1.75. The summed E-state index contributed by atoms with van der Waals surface area (Å²) in [6.45, 7) is 1.80. The maximum Gasteiger partial charge on any atom is 0.156 e. The Bertz CT molecular complexity index is 353. The lowest BCUT2D eigenvalue weighted by Crippen LogP contribution is -2.00. The highest BCUT2D eigenvalue weighted by atomic mass is 16.1. The number of hydrogen-bond donors (Lipinski definition) is 1. The molecule has 4 nitrogen and oxygen atoms in total. The minimum atomic E-state index is -0.0357. The number of H-pyrrole nitrogens is 1. The highest BCUT2D eigenvalue weighted by Crippen LogP contribution is 2.00. The molecule has 4 heteroatoms. The van der Waals surface area contributed by atoms with Gasteiger partial charge in [0.15, 0.2) is 5.78 Å². The summed E-state index contributed by atoms with van der Waals surface area (Å²) in [6.07, 6.45) is 7.42. The summed E-state index contributed by atoms with van der Waals surface area (Å²) in [7, 11) is 0. The standard InChI is InChI=1S/C11H14N2O2/c1-2-10(14)5-6-11(15)4-3-9-7-12-8-13-9/h3-4,7-8H,2,5-6H2,1H3,(H,12,13)/b4-3+. The molecule has 80 valence electrons. The Morgan fingerprint density at radius 3 is 2.87 bits per heavy atom. The van der Waals surface area contributed by atoms with Gasteiger partial charge >= 0.3 is 0 Å². The van der Waals surface area contributed by atoms with Crippen LogP contribution in [0.15, 0.2) is 18.6 Å². The summed E-state index contributed by atoms with van der Waals surface area (Å²) in [5, 5.41) is 0. The quantitative estimate of drug-likeness (QED) is 0.721. The molecular weight excluding hydrogens is 192 g/mol. The second-order valence-electron chi connectivity index (χ2n) is 3.20. The Labute approximate surface area is 88.4 Å². The van der Waals surface area contributed by atoms with Crippen LogP contribution < -0.4 is 0 Å². The lowest BCUT2D eigenvalue weighted by atomic mass is 10.1. The fourth-order valence-corrected chi connectivity index (χ4v) is 1.06. The Kier molecular flexibility index (Phi) is 4.47. The van der Waals surface area contributed by atoms with Gasteiger partial charge in [0.1, 0.15) is 5.78 Å². The van der Waals surface area contributed by atoms with Crippen LogP contribution in [0.1, 0.15) is 31.9 Å². The average molecular weight is 206 g/mol. The smallest absolute Gasteiger partial charge is 0.156 e. The molecule has 0 unspecified atom stereocenters. The molecule has 15 heavy (non-hydrogen) atoms. The van der Waals surface area contributed by atoms with E-state index in [-0.39, 0.29) is 18.0 Å². The molecular formula is C11H14N2O2. The molecule has 1 aromatic heterocycles. The minimum absolute atomic E-state index is 0.0357. The second-order valence-corrected chi connectivity index (χ2v) is 3.20. The zero-order chi connectivity index (χ0) is 11.1. The molecule has 0 atom stereocenters. The van der Waals surface area contributed by atoms with Gasteiger partial charge < -0.3 is 4.98 Å². The number of ketones is 2. The van der Waals surface area contributed by atoms with Gasteiger partial charge in [-0.2, -0.15) is 0 Å². The number of carbonyl (C=O) groups excluding carboxylic acids is 2. The van der Waals surface area contributed by atoms with Crippen LogP contribution in [-0.2, 0) is 9.59 Å². The van der Waals surface area contributed by atoms with Crippen molar-refractivity contribution < 1.29 is 9.59 Å². The van der Waals surface area contributed by atoms with Crippen molar-refractivity contribution in [1.29, 1.82) is 0 Å². The summed E-state index contributed by atoms with van der Waals surface area (Å²) in [5.41, 5.74) is 0.783. The number of rotatable bonds is 6. The largest absolute Gasteiger partial charge is 0.345 e. The first kappa shape index (κ1) is 11.4. The maximum atomic E-state index is 11.3. The number of allylic oxidation sites excluding steroid dienone is 1. The third kappa shape index (κ3) is 4.35. The van der Waals surface area contributed by atoms with Crippen LogP contribution in [-0.4, -0.2) is 21.5 Å². The van der Waals surface area contributed by atoms with Gasteiger partial charge in [0.05, 0.1) is 18.2 Å². The van der Waals surface area contributed by atoms with E-state index in [1.807, 2.05) is 0 Å². The fraction of sp³-hybridized carbons (Fsp3) is 0.364. The summed E-state index contributed by atoms with van der Waals surface area (Å²) in [4.78, 5) is 28.9. The fourth-order valence-electron chi connectivity index (χ4n) is 1.06. The van der Waals surface area contributed by atoms with Gasteiger partial charge in [-0.3, -0.25) is 9.59 Å². The van der Waals surface area contributed by atoms with Crippen molar-refractivity contribution in [2.24, 2.45) is 0 Å². The molecule has 0 aromatic carbocycles. The third-order valence-electron chi connectivity index (χ3n) is 2.01. The molecule has 0 amide bonds. The van der Waals surface area contributed by atoms with E-state index < -0.39 is 0 Å². The van der Waals surface area contributed by atoms with Gasteiger partial charge in [0.25, 0.3) is 0 Å². The van der Waals surface area contributed by atoms with E-state index in [9.17, 15) is 9.59 Å². The molecule has 1 N–H and O–H groups in total. The van der Waals surface area contributed by atoms with Gasteiger partial charge in [0, 0.05) is 19.3 Å². The number of nitrogens with zero attached hydrogens (tertiary/aromatic N) is 1. The lowest BCUT2D eigenvalue weighted by molar-refractivity contribution is -0.122. The van der Waals surface area contributed by atoms with E-state index in [0.29, 0.717) is 12.8 Å². The van der Waals surface area contributed by atoms with E-state index in [1.165, 1.54) is 6.08 Å². The summed E-state index contributed by atoms with van der Waals surface area (Å²) < 4.78 is 0. The van der Waals surface area contributed by atoms with Crippen molar-refractivity contribution in [3.8, 4) is 0 Å². The summed E-state index contributed by atoms with van der Waals surface area (Å²) >= 11 is 0. The maximum absolute atomic E-state index is 11.3. The third-order valence-corrected chi connectivity index (χ3v) is 2.01. The van der Waals surface area contributed by atoms with Crippen LogP contribution in [0.2, 0.25) is 0 Å². The molecule has 0 fully saturated rings. The number of imidazole rings is 1. The predicted molar refractivity (Wildman–Crippen MR) is 57.2 cm³/mol. The zero-order valence-corrected chi connectivity index (χ0v) is 8.69. The number of aromatic nitrogens is 2. The van der Waals surface area contributed by atoms with Crippen LogP contribution in [0.25, 0.3) is 6.08 Å². The summed E-state index contributed by atoms with van der Waals surface area (Å²) in [5.74, 6) is 0.0877. The first-order valence-corrected chi connectivity index (χ1v) is 4.93. The number of Topliss-reactive ketones (excluding diaryl/α,β-unsaturated/α-hetero) is 1. The highest BCUT2D eigenvalue weighted by molar-refractivity contribution is 5.95. The van der Waals surface area contributed by atoms with Gasteiger partial charge in [-0.1, -0.05) is 6.92 Å². The van der Waals surface area contributed by atoms with Gasteiger partial charge in [0.2, 0.25) is 0 Å². The van der Waals surface area contributed by atoms with Gasteiger partial charge in [-0.05, 0) is 12.2 Å². The van der Waals surface area contributed by atoms with Gasteiger partial charge in [-0.25, -0.2) is 4.98 Å². The second kappa shape index (κ2) is 5.90. The molecule has 0 saturated heterocycles. The Balaban J connectivity index is 2.33. The number of hydrogen-bond acceptors (Lipinski definition) is 3. The van der Waals surface area contributed by atoms with Crippen molar-refractivity contribution in [1.82, 2.24) is 9.97 Å². The minimum Gasteiger partial charge on any atom is -0.345 e. The van der Waals surface area contributed by atoms with Crippen LogP contribution in [0, 0.1) is 0 Å². The number of aromatic amines is 1. The Hall–Kier alpha value is -1.71. The molecule has 0 spiro atoms. The van der Waals surface area contributed by atoms with E-state index in [2.05, 4.69) is 9.97 Å². The zero-order valence-electron chi connectivity index (χ0n) is 8.69. The first-order valence-electron chi connectivity index (χ1n) is 4.93. The van der Waals surface area contributed by atoms with Crippen LogP contribution in [0.5, 0.6) is 0 Å². The van der Waals surface area contributed by atoms with E-state index >= 15 is 0 Å². The van der Waals surface area contributed by atoms with Crippen LogP contribution >= 0.6 is 0 Å². The SMILES string of the molecule is CCC(=O)CCC(=O)/C=C/c1cnc[nH]1. The molecule has 1 rings (SSSR count). The molecule has 0 bridgehead atoms. The average Bonchev–Trinajstić information content (AvgIpc) is 2.75. The topological polar surface area (TPSA) is 62.8 Å². The van der Waals surface area contributed by atoms with Crippen molar-refractivity contribution in [3.63, 3.8) is 0 Å². The van der Waals surface area contributed by atoms with Crippen molar-refractivity contribution in [3.05, 3.63) is 24.3 Å². The van der Waals surface area contributed by atoms with Crippen LogP contribution in [0.4, 0.5) is 0 Å². The summed E-state index contributed by atoms with van der Waals surface area (Å²) in [6, 6.07) is 0. The monoisotopic (exact) mass is 206 g/mol. The molecule has 0 aliphatic carbocycles. The lowest BCUT2D eigenvalue weighted by Gasteiger charge is -1.93. The highest BCUT2D eigenvalue weighted by Gasteiger charge is 2.02. The first-order chi connectivity index (χ1) is 7.22. The normalized spacial score (nSPS) is 10.7. The van der Waals surface area contributed by atoms with Crippen molar-refractivity contribution in [2.75, 3.05) is 0 Å². The molecule has 1 heterocycles. The number of nitrogens with one attached hydrogen (secondary N) is 1. The van der Waals surface area contributed by atoms with E-state index in [4.69, 9.17) is 0 Å². The van der Waals surface area contributed by atoms with E-state index in [0.717, 1.165) is 5.69 Å². The van der Waals surface area contributed by atoms with Crippen molar-refractivity contribution >= 4 is 17.6 Å². The molecule has 0 radical (unpaired) electrons. The Morgan fingerprint density at radius 1 is 1.47 bits per heavy atom. The molecule has 1 aromatic rings. The Morgan fingerprint density at radius 2 is 2.27 bits per heavy atom. The number of carbonyl (C=O) groups is 2. The van der Waals surface area contributed by atoms with Gasteiger partial charge in [-0.15, -0.1) is 0 Å². The molecule has 0 aliphatic heterocycles. The van der Waals surface area contributed by atoms with E-state index in [1.54, 1.807) is 25.5 Å². The molecule has 0 aliphatic rings. The van der Waals surface area contributed by atoms with Crippen LogP contribution in [0.3, 0.4) is 0 Å².